The van der Waals surface area contributed by atoms with E-state index in [1.807, 2.05) is 0 Å². The summed E-state index contributed by atoms with van der Waals surface area (Å²) < 4.78 is 43.6. The van der Waals surface area contributed by atoms with Crippen LogP contribution in [-0.4, -0.2) is 22.1 Å². The fourth-order valence-electron chi connectivity index (χ4n) is 0.984. The predicted octanol–water partition coefficient (Wildman–Crippen LogP) is 1.77. The smallest absolute Gasteiger partial charge is 0.342 e. The first kappa shape index (κ1) is 12.8. The van der Waals surface area contributed by atoms with E-state index in [2.05, 4.69) is 14.1 Å². The van der Waals surface area contributed by atoms with Crippen LogP contribution >= 0.6 is 11.9 Å². The van der Waals surface area contributed by atoms with Gasteiger partial charge in [-0.15, -0.1) is 13.2 Å². The van der Waals surface area contributed by atoms with Crippen molar-refractivity contribution >= 4 is 17.8 Å². The first-order valence-corrected chi connectivity index (χ1v) is 4.21. The van der Waals surface area contributed by atoms with E-state index in [4.69, 9.17) is 11.9 Å². The van der Waals surface area contributed by atoms with Crippen molar-refractivity contribution in [2.24, 2.45) is 7.05 Å². The second-order valence-corrected chi connectivity index (χ2v) is 2.90. The molecule has 0 bridgehead atoms. The maximum absolute atomic E-state index is 11.7. The molecule has 0 aliphatic rings. The summed E-state index contributed by atoms with van der Waals surface area (Å²) in [5.41, 5.74) is -0.132. The lowest BCUT2D eigenvalue weighted by Crippen LogP contribution is -2.13. The summed E-state index contributed by atoms with van der Waals surface area (Å²) in [7, 11) is 1.36. The fourth-order valence-corrected chi connectivity index (χ4v) is 1.06. The summed E-state index contributed by atoms with van der Waals surface area (Å²) in [6.07, 6.45) is -4.75. The van der Waals surface area contributed by atoms with Gasteiger partial charge >= 0.3 is 12.3 Å². The van der Waals surface area contributed by atoms with E-state index >= 15 is 0 Å². The maximum atomic E-state index is 11.7. The highest BCUT2D eigenvalue weighted by atomic mass is 35.5. The number of carbonyl (C=O) groups excluding carboxylic acids is 1. The molecule has 0 aliphatic carbocycles. The van der Waals surface area contributed by atoms with E-state index in [9.17, 15) is 18.0 Å². The van der Waals surface area contributed by atoms with Crippen LogP contribution in [0.1, 0.15) is 16.2 Å². The lowest BCUT2D eigenvalue weighted by Gasteiger charge is -2.04. The van der Waals surface area contributed by atoms with Crippen LogP contribution in [0, 0.1) is 0 Å². The molecule has 0 atom stereocenters. The molecular weight excluding hydrogens is 253 g/mol. The Morgan fingerprint density at radius 1 is 1.62 bits per heavy atom. The Labute approximate surface area is 92.9 Å². The van der Waals surface area contributed by atoms with Crippen molar-refractivity contribution in [2.45, 2.75) is 13.0 Å². The van der Waals surface area contributed by atoms with Gasteiger partial charge in [-0.3, -0.25) is 9.42 Å². The van der Waals surface area contributed by atoms with Gasteiger partial charge in [-0.05, 0) is 6.07 Å². The number of carbonyl (C=O) groups is 1. The molecule has 0 radical (unpaired) electrons. The average Bonchev–Trinajstić information content (AvgIpc) is 2.55. The zero-order valence-corrected chi connectivity index (χ0v) is 8.67. The molecule has 0 aromatic carbocycles. The van der Waals surface area contributed by atoms with Gasteiger partial charge in [0, 0.05) is 7.05 Å². The molecule has 0 spiro atoms. The quantitative estimate of drug-likeness (QED) is 0.829. The van der Waals surface area contributed by atoms with Crippen LogP contribution in [0.5, 0.6) is 0 Å². The molecule has 0 amide bonds. The molecule has 16 heavy (non-hydrogen) atoms. The summed E-state index contributed by atoms with van der Waals surface area (Å²) in [6, 6.07) is 1.09. The van der Waals surface area contributed by atoms with Crippen molar-refractivity contribution in [2.75, 3.05) is 0 Å². The number of alkyl halides is 3. The standard InChI is InChI=1S/C7H6ClF3N2O3/c1-13-5(6(14)16-8)2-4(12-13)3-15-7(9,10)11/h2H,3H2,1H3. The molecule has 0 N–H and O–H groups in total. The molecule has 0 aliphatic heterocycles. The number of nitrogens with zero attached hydrogens (tertiary/aromatic N) is 2. The summed E-state index contributed by atoms with van der Waals surface area (Å²) in [5.74, 6) is -0.907. The van der Waals surface area contributed by atoms with Crippen LogP contribution in [0.2, 0.25) is 0 Å². The number of rotatable bonds is 3. The SMILES string of the molecule is Cn1nc(COC(F)(F)F)cc1C(=O)OCl. The van der Waals surface area contributed by atoms with Crippen LogP contribution in [0.3, 0.4) is 0 Å². The Bertz CT molecular complexity index is 391. The molecule has 9 heteroatoms. The van der Waals surface area contributed by atoms with Gasteiger partial charge in [-0.25, -0.2) is 4.79 Å². The van der Waals surface area contributed by atoms with Crippen molar-refractivity contribution in [3.05, 3.63) is 17.5 Å². The zero-order chi connectivity index (χ0) is 12.3. The highest BCUT2D eigenvalue weighted by Crippen LogP contribution is 2.18. The summed E-state index contributed by atoms with van der Waals surface area (Å²) >= 11 is 4.82. The molecule has 0 saturated carbocycles. The summed E-state index contributed by atoms with van der Waals surface area (Å²) in [4.78, 5) is 11.0. The first-order valence-electron chi connectivity index (χ1n) is 3.90. The number of halogens is 4. The molecule has 1 aromatic heterocycles. The minimum absolute atomic E-state index is 0.0584. The van der Waals surface area contributed by atoms with Gasteiger partial charge in [0.1, 0.15) is 24.2 Å². The third-order valence-electron chi connectivity index (χ3n) is 1.59. The van der Waals surface area contributed by atoms with Crippen molar-refractivity contribution in [1.82, 2.24) is 9.78 Å². The fraction of sp³-hybridized carbons (Fsp3) is 0.429. The molecule has 5 nitrogen and oxygen atoms in total. The van der Waals surface area contributed by atoms with E-state index in [1.165, 1.54) is 7.05 Å². The van der Waals surface area contributed by atoms with Gasteiger partial charge in [0.25, 0.3) is 0 Å². The van der Waals surface area contributed by atoms with Crippen LogP contribution in [-0.2, 0) is 22.7 Å². The average molecular weight is 259 g/mol. The normalized spacial score (nSPS) is 11.6. The number of hydrogen-bond acceptors (Lipinski definition) is 4. The molecule has 90 valence electrons. The Kier molecular flexibility index (Phi) is 3.76. The minimum atomic E-state index is -4.75. The van der Waals surface area contributed by atoms with Crippen molar-refractivity contribution in [3.8, 4) is 0 Å². The molecular formula is C7H6ClF3N2O3. The zero-order valence-electron chi connectivity index (χ0n) is 7.92. The Morgan fingerprint density at radius 2 is 2.25 bits per heavy atom. The Balaban J connectivity index is 2.74. The highest BCUT2D eigenvalue weighted by Gasteiger charge is 2.29. The second-order valence-electron chi connectivity index (χ2n) is 2.74. The van der Waals surface area contributed by atoms with Gasteiger partial charge < -0.3 is 4.29 Å². The molecule has 0 unspecified atom stereocenters. The molecule has 0 fully saturated rings. The van der Waals surface area contributed by atoms with Gasteiger partial charge in [0.15, 0.2) is 0 Å². The van der Waals surface area contributed by atoms with Crippen LogP contribution in [0.25, 0.3) is 0 Å². The van der Waals surface area contributed by atoms with E-state index in [1.54, 1.807) is 0 Å². The largest absolute Gasteiger partial charge is 0.522 e. The lowest BCUT2D eigenvalue weighted by molar-refractivity contribution is -0.330. The van der Waals surface area contributed by atoms with Crippen molar-refractivity contribution in [1.29, 1.82) is 0 Å². The van der Waals surface area contributed by atoms with E-state index in [-0.39, 0.29) is 11.4 Å². The van der Waals surface area contributed by atoms with Crippen molar-refractivity contribution in [3.63, 3.8) is 0 Å². The summed E-state index contributed by atoms with van der Waals surface area (Å²) in [6.45, 7) is -0.785. The van der Waals surface area contributed by atoms with Gasteiger partial charge in [-0.1, -0.05) is 0 Å². The molecule has 1 rings (SSSR count). The Morgan fingerprint density at radius 3 is 2.75 bits per heavy atom. The number of aromatic nitrogens is 2. The van der Waals surface area contributed by atoms with E-state index in [0.717, 1.165) is 10.7 Å². The lowest BCUT2D eigenvalue weighted by atomic mass is 10.3. The highest BCUT2D eigenvalue weighted by molar-refractivity contribution is 6.15. The molecule has 1 heterocycles. The topological polar surface area (TPSA) is 53.4 Å². The number of ether oxygens (including phenoxy) is 1. The van der Waals surface area contributed by atoms with Gasteiger partial charge in [0.2, 0.25) is 0 Å². The first-order chi connectivity index (χ1) is 7.33. The third-order valence-corrected chi connectivity index (χ3v) is 1.73. The Hall–Kier alpha value is -1.28. The van der Waals surface area contributed by atoms with Crippen LogP contribution in [0.4, 0.5) is 13.2 Å². The number of aryl methyl sites for hydroxylation is 1. The monoisotopic (exact) mass is 258 g/mol. The number of hydrogen-bond donors (Lipinski definition) is 0. The molecule has 0 saturated heterocycles. The van der Waals surface area contributed by atoms with E-state index in [0.29, 0.717) is 0 Å². The van der Waals surface area contributed by atoms with Crippen molar-refractivity contribution < 1.29 is 27.0 Å². The predicted molar refractivity (Wildman–Crippen MR) is 45.3 cm³/mol. The second kappa shape index (κ2) is 4.71. The van der Waals surface area contributed by atoms with Crippen LogP contribution < -0.4 is 0 Å². The van der Waals surface area contributed by atoms with Crippen LogP contribution in [0.15, 0.2) is 6.07 Å². The van der Waals surface area contributed by atoms with Gasteiger partial charge in [-0.2, -0.15) is 5.10 Å². The summed E-state index contributed by atoms with van der Waals surface area (Å²) in [5, 5.41) is 3.61. The van der Waals surface area contributed by atoms with E-state index < -0.39 is 18.9 Å². The molecule has 1 aromatic rings. The minimum Gasteiger partial charge on any atom is -0.342 e. The third kappa shape index (κ3) is 3.38. The maximum Gasteiger partial charge on any atom is 0.522 e. The van der Waals surface area contributed by atoms with Gasteiger partial charge in [0.05, 0.1) is 5.69 Å².